The molecule has 0 unspecified atom stereocenters. The molecule has 5 heteroatoms. The van der Waals surface area contributed by atoms with Gasteiger partial charge >= 0.3 is 6.09 Å². The van der Waals surface area contributed by atoms with Crippen molar-refractivity contribution in [3.05, 3.63) is 38.5 Å². The van der Waals surface area contributed by atoms with Crippen LogP contribution in [0.3, 0.4) is 0 Å². The maximum absolute atomic E-state index is 12.4. The molecule has 3 nitrogen and oxygen atoms in total. The summed E-state index contributed by atoms with van der Waals surface area (Å²) in [5, 5.41) is -0.135. The highest BCUT2D eigenvalue weighted by Gasteiger charge is 2.55. The molecule has 0 spiro atoms. The van der Waals surface area contributed by atoms with Gasteiger partial charge in [-0.3, -0.25) is 4.90 Å². The molecule has 2 aliphatic rings. The van der Waals surface area contributed by atoms with Crippen molar-refractivity contribution in [1.82, 2.24) is 0 Å². The Morgan fingerprint density at radius 3 is 2.87 bits per heavy atom. The number of nitrogens with zero attached hydrogens (tertiary/aromatic N) is 1. The van der Waals surface area contributed by atoms with Crippen LogP contribution in [0.4, 0.5) is 10.5 Å². The molecule has 0 N–H and O–H groups in total. The van der Waals surface area contributed by atoms with Gasteiger partial charge in [0.2, 0.25) is 0 Å². The summed E-state index contributed by atoms with van der Waals surface area (Å²) >= 11 is 9.08. The van der Waals surface area contributed by atoms with Crippen LogP contribution in [-0.2, 0) is 11.2 Å². The normalized spacial score (nSPS) is 25.7. The third-order valence-corrected chi connectivity index (χ3v) is 6.36. The molecule has 1 aromatic rings. The molecule has 1 fully saturated rings. The Morgan fingerprint density at radius 2 is 2.17 bits per heavy atom. The Kier molecular flexibility index (Phi) is 4.67. The monoisotopic (exact) mass is 445 g/mol. The number of carbonyl (C=O) groups excluding carboxylic acids is 1. The van der Waals surface area contributed by atoms with Crippen molar-refractivity contribution in [3.63, 3.8) is 0 Å². The minimum Gasteiger partial charge on any atom is -0.447 e. The van der Waals surface area contributed by atoms with Gasteiger partial charge in [0.25, 0.3) is 0 Å². The van der Waals surface area contributed by atoms with Crippen LogP contribution in [0.15, 0.2) is 29.3 Å². The molecule has 1 amide bonds. The van der Waals surface area contributed by atoms with Crippen molar-refractivity contribution in [2.75, 3.05) is 11.5 Å². The SMILES string of the molecule is CC(C)=C(C)CC[C@]12COC(=O)N1c1ccc(I)cc1C[C@H]2Cl. The van der Waals surface area contributed by atoms with E-state index in [1.54, 1.807) is 0 Å². The summed E-state index contributed by atoms with van der Waals surface area (Å²) in [6, 6.07) is 6.17. The van der Waals surface area contributed by atoms with Gasteiger partial charge in [0.05, 0.1) is 11.1 Å². The van der Waals surface area contributed by atoms with Crippen LogP contribution in [-0.4, -0.2) is 23.6 Å². The van der Waals surface area contributed by atoms with Crippen LogP contribution in [0.5, 0.6) is 0 Å². The van der Waals surface area contributed by atoms with Crippen LogP contribution in [0, 0.1) is 3.57 Å². The maximum atomic E-state index is 12.4. The maximum Gasteiger partial charge on any atom is 0.415 e. The molecule has 23 heavy (non-hydrogen) atoms. The van der Waals surface area contributed by atoms with Crippen molar-refractivity contribution in [3.8, 4) is 0 Å². The molecule has 0 radical (unpaired) electrons. The fourth-order valence-electron chi connectivity index (χ4n) is 3.38. The van der Waals surface area contributed by atoms with Gasteiger partial charge in [-0.25, -0.2) is 4.79 Å². The van der Waals surface area contributed by atoms with E-state index in [2.05, 4.69) is 49.4 Å². The zero-order valence-electron chi connectivity index (χ0n) is 13.7. The predicted octanol–water partition coefficient (Wildman–Crippen LogP) is 5.29. The highest BCUT2D eigenvalue weighted by molar-refractivity contribution is 14.1. The van der Waals surface area contributed by atoms with E-state index in [-0.39, 0.29) is 11.5 Å². The number of anilines is 1. The quantitative estimate of drug-likeness (QED) is 0.360. The molecule has 2 heterocycles. The molecule has 1 saturated heterocycles. The van der Waals surface area contributed by atoms with Crippen LogP contribution in [0.2, 0.25) is 0 Å². The van der Waals surface area contributed by atoms with Gasteiger partial charge in [0.1, 0.15) is 12.1 Å². The Morgan fingerprint density at radius 1 is 1.43 bits per heavy atom. The number of amides is 1. The fourth-order valence-corrected chi connectivity index (χ4v) is 4.37. The van der Waals surface area contributed by atoms with E-state index in [0.29, 0.717) is 6.61 Å². The summed E-state index contributed by atoms with van der Waals surface area (Å²) in [5.74, 6) is 0. The topological polar surface area (TPSA) is 29.5 Å². The minimum atomic E-state index is -0.435. The molecule has 2 aliphatic heterocycles. The van der Waals surface area contributed by atoms with Gasteiger partial charge in [0, 0.05) is 3.57 Å². The van der Waals surface area contributed by atoms with E-state index >= 15 is 0 Å². The van der Waals surface area contributed by atoms with Crippen LogP contribution < -0.4 is 4.90 Å². The van der Waals surface area contributed by atoms with Gasteiger partial charge in [-0.05, 0) is 86.4 Å². The Hall–Kier alpha value is -0.750. The average Bonchev–Trinajstić information content (AvgIpc) is 2.84. The largest absolute Gasteiger partial charge is 0.447 e. The molecule has 1 aromatic carbocycles. The summed E-state index contributed by atoms with van der Waals surface area (Å²) in [5.41, 5.74) is 4.34. The van der Waals surface area contributed by atoms with Gasteiger partial charge in [-0.15, -0.1) is 11.6 Å². The fraction of sp³-hybridized carbons (Fsp3) is 0.500. The number of cyclic esters (lactones) is 1. The van der Waals surface area contributed by atoms with E-state index in [1.165, 1.54) is 11.1 Å². The zero-order chi connectivity index (χ0) is 16.8. The lowest BCUT2D eigenvalue weighted by molar-refractivity contribution is 0.170. The molecule has 124 valence electrons. The number of hydrogen-bond donors (Lipinski definition) is 0. The lowest BCUT2D eigenvalue weighted by Gasteiger charge is -2.44. The first-order valence-corrected chi connectivity index (χ1v) is 9.39. The number of ether oxygens (including phenoxy) is 1. The Bertz CT molecular complexity index is 684. The highest BCUT2D eigenvalue weighted by atomic mass is 127. The molecule has 3 rings (SSSR count). The smallest absolute Gasteiger partial charge is 0.415 e. The Balaban J connectivity index is 2.00. The second-order valence-corrected chi connectivity index (χ2v) is 8.49. The van der Waals surface area contributed by atoms with E-state index in [0.717, 1.165) is 34.1 Å². The molecule has 0 saturated carbocycles. The van der Waals surface area contributed by atoms with Crippen LogP contribution >= 0.6 is 34.2 Å². The molecule has 0 aliphatic carbocycles. The lowest BCUT2D eigenvalue weighted by atomic mass is 9.80. The highest BCUT2D eigenvalue weighted by Crippen LogP contribution is 2.46. The minimum absolute atomic E-state index is 0.135. The predicted molar refractivity (Wildman–Crippen MR) is 102 cm³/mol. The van der Waals surface area contributed by atoms with Crippen LogP contribution in [0.25, 0.3) is 0 Å². The number of hydrogen-bond acceptors (Lipinski definition) is 2. The number of allylic oxidation sites excluding steroid dienone is 2. The summed E-state index contributed by atoms with van der Waals surface area (Å²) in [6.45, 7) is 6.77. The standard InChI is InChI=1S/C18H21ClINO2/c1-11(2)12(3)6-7-18-10-23-17(22)21(18)15-5-4-14(20)8-13(15)9-16(18)19/h4-5,8,16H,6-7,9-10H2,1-3H3/t16-,18-/m1/s1. The number of halogens is 2. The summed E-state index contributed by atoms with van der Waals surface area (Å²) < 4.78 is 6.60. The van der Waals surface area contributed by atoms with Gasteiger partial charge in [-0.2, -0.15) is 0 Å². The number of carbonyl (C=O) groups is 1. The number of alkyl halides is 1. The van der Waals surface area contributed by atoms with Gasteiger partial charge in [0.15, 0.2) is 0 Å². The van der Waals surface area contributed by atoms with E-state index in [9.17, 15) is 4.79 Å². The second-order valence-electron chi connectivity index (χ2n) is 6.72. The van der Waals surface area contributed by atoms with E-state index in [4.69, 9.17) is 16.3 Å². The van der Waals surface area contributed by atoms with Crippen molar-refractivity contribution in [1.29, 1.82) is 0 Å². The average molecular weight is 446 g/mol. The first-order chi connectivity index (χ1) is 10.8. The Labute approximate surface area is 156 Å². The number of rotatable bonds is 3. The van der Waals surface area contributed by atoms with Gasteiger partial charge in [-0.1, -0.05) is 11.1 Å². The number of fused-ring (bicyclic) bond motifs is 3. The summed E-state index contributed by atoms with van der Waals surface area (Å²) in [7, 11) is 0. The van der Waals surface area contributed by atoms with Crippen molar-refractivity contribution >= 4 is 46.0 Å². The van der Waals surface area contributed by atoms with E-state index in [1.807, 2.05) is 17.0 Å². The van der Waals surface area contributed by atoms with Crippen molar-refractivity contribution in [2.24, 2.45) is 0 Å². The zero-order valence-corrected chi connectivity index (χ0v) is 16.6. The second kappa shape index (κ2) is 6.28. The number of benzene rings is 1. The molecule has 0 aromatic heterocycles. The molecular formula is C18H21ClINO2. The molecular weight excluding hydrogens is 425 g/mol. The first kappa shape index (κ1) is 17.1. The molecule has 2 atom stereocenters. The van der Waals surface area contributed by atoms with E-state index < -0.39 is 5.54 Å². The summed E-state index contributed by atoms with van der Waals surface area (Å²) in [6.07, 6.45) is 2.26. The van der Waals surface area contributed by atoms with Crippen molar-refractivity contribution < 1.29 is 9.53 Å². The molecule has 0 bridgehead atoms. The van der Waals surface area contributed by atoms with Gasteiger partial charge < -0.3 is 4.74 Å². The third kappa shape index (κ3) is 2.88. The van der Waals surface area contributed by atoms with Crippen molar-refractivity contribution in [2.45, 2.75) is 50.9 Å². The van der Waals surface area contributed by atoms with Crippen LogP contribution in [0.1, 0.15) is 39.2 Å². The lowest BCUT2D eigenvalue weighted by Crippen LogP contribution is -2.57. The summed E-state index contributed by atoms with van der Waals surface area (Å²) in [4.78, 5) is 14.2. The third-order valence-electron chi connectivity index (χ3n) is 5.12. The first-order valence-electron chi connectivity index (χ1n) is 7.87.